The van der Waals surface area contributed by atoms with Crippen LogP contribution in [0.2, 0.25) is 0 Å². The van der Waals surface area contributed by atoms with Crippen molar-refractivity contribution in [3.8, 4) is 5.75 Å². The highest BCUT2D eigenvalue weighted by atomic mass is 19.3. The minimum atomic E-state index is -2.93. The van der Waals surface area contributed by atoms with Crippen LogP contribution in [0.1, 0.15) is 22.8 Å². The summed E-state index contributed by atoms with van der Waals surface area (Å²) >= 11 is 0. The molecule has 0 bridgehead atoms. The number of benzene rings is 2. The third kappa shape index (κ3) is 4.49. The number of nitrogens with one attached hydrogen (secondary N) is 1. The van der Waals surface area contributed by atoms with Crippen LogP contribution in [-0.4, -0.2) is 29.5 Å². The Morgan fingerprint density at radius 1 is 1.07 bits per heavy atom. The zero-order valence-electron chi connectivity index (χ0n) is 14.4. The van der Waals surface area contributed by atoms with E-state index in [-0.39, 0.29) is 17.7 Å². The molecule has 0 fully saturated rings. The maximum absolute atomic E-state index is 12.4. The average Bonchev–Trinajstić information content (AvgIpc) is 3.04. The molecular formula is C20H17F2NO4. The Kier molecular flexibility index (Phi) is 5.49. The number of aromatic nitrogens is 1. The molecule has 27 heavy (non-hydrogen) atoms. The van der Waals surface area contributed by atoms with Crippen molar-refractivity contribution in [3.63, 3.8) is 0 Å². The monoisotopic (exact) mass is 373 g/mol. The van der Waals surface area contributed by atoms with E-state index in [0.29, 0.717) is 0 Å². The number of ketones is 1. The molecule has 0 unspecified atom stereocenters. The van der Waals surface area contributed by atoms with E-state index in [4.69, 9.17) is 4.74 Å². The molecule has 140 valence electrons. The van der Waals surface area contributed by atoms with Crippen molar-refractivity contribution >= 4 is 22.7 Å². The molecular weight excluding hydrogens is 356 g/mol. The Bertz CT molecular complexity index is 950. The van der Waals surface area contributed by atoms with Crippen LogP contribution in [0.3, 0.4) is 0 Å². The third-order valence-corrected chi connectivity index (χ3v) is 4.05. The summed E-state index contributed by atoms with van der Waals surface area (Å²) in [6, 6.07) is 12.8. The molecule has 0 aliphatic rings. The van der Waals surface area contributed by atoms with Gasteiger partial charge in [-0.05, 0) is 42.8 Å². The van der Waals surface area contributed by atoms with Gasteiger partial charge in [0.25, 0.3) is 0 Å². The topological polar surface area (TPSA) is 68.4 Å². The Morgan fingerprint density at radius 2 is 1.78 bits per heavy atom. The molecule has 1 aromatic heterocycles. The van der Waals surface area contributed by atoms with E-state index in [9.17, 15) is 18.4 Å². The Hall–Kier alpha value is -3.22. The fourth-order valence-electron chi connectivity index (χ4n) is 2.76. The van der Waals surface area contributed by atoms with Crippen LogP contribution >= 0.6 is 0 Å². The first kappa shape index (κ1) is 18.6. The summed E-state index contributed by atoms with van der Waals surface area (Å²) in [5.41, 5.74) is 1.93. The fourth-order valence-corrected chi connectivity index (χ4v) is 2.76. The number of alkyl halides is 2. The van der Waals surface area contributed by atoms with E-state index in [0.717, 1.165) is 16.5 Å². The van der Waals surface area contributed by atoms with Crippen molar-refractivity contribution in [2.24, 2.45) is 0 Å². The molecule has 1 atom stereocenters. The van der Waals surface area contributed by atoms with E-state index >= 15 is 0 Å². The van der Waals surface area contributed by atoms with Gasteiger partial charge in [-0.25, -0.2) is 0 Å². The predicted octanol–water partition coefficient (Wildman–Crippen LogP) is 4.13. The van der Waals surface area contributed by atoms with Gasteiger partial charge in [-0.15, -0.1) is 0 Å². The number of esters is 1. The molecule has 0 saturated heterocycles. The lowest BCUT2D eigenvalue weighted by atomic mass is 10.1. The number of Topliss-reactive ketones (excluding diaryl/α,β-unsaturated/α-hetero) is 1. The van der Waals surface area contributed by atoms with Crippen molar-refractivity contribution < 1.29 is 27.8 Å². The van der Waals surface area contributed by atoms with Crippen LogP contribution < -0.4 is 4.74 Å². The molecule has 3 rings (SSSR count). The van der Waals surface area contributed by atoms with Gasteiger partial charge < -0.3 is 14.5 Å². The normalized spacial score (nSPS) is 12.1. The summed E-state index contributed by atoms with van der Waals surface area (Å²) in [4.78, 5) is 27.6. The van der Waals surface area contributed by atoms with Crippen LogP contribution in [-0.2, 0) is 16.0 Å². The zero-order valence-corrected chi connectivity index (χ0v) is 14.4. The molecule has 0 saturated carbocycles. The summed E-state index contributed by atoms with van der Waals surface area (Å²) < 4.78 is 33.8. The summed E-state index contributed by atoms with van der Waals surface area (Å²) in [5.74, 6) is -1.00. The summed E-state index contributed by atoms with van der Waals surface area (Å²) in [6.07, 6.45) is 0.771. The quantitative estimate of drug-likeness (QED) is 0.500. The van der Waals surface area contributed by atoms with E-state index in [1.165, 1.54) is 31.2 Å². The molecule has 5 nitrogen and oxygen atoms in total. The zero-order chi connectivity index (χ0) is 19.4. The Morgan fingerprint density at radius 3 is 2.48 bits per heavy atom. The SMILES string of the molecule is C[C@@H](OC(=O)Cc1c[nH]c2ccccc12)C(=O)c1ccc(OC(F)F)cc1. The molecule has 0 aliphatic carbocycles. The number of hydrogen-bond acceptors (Lipinski definition) is 4. The highest BCUT2D eigenvalue weighted by Gasteiger charge is 2.20. The van der Waals surface area contributed by atoms with Crippen molar-refractivity contribution in [1.29, 1.82) is 0 Å². The number of para-hydroxylation sites is 1. The van der Waals surface area contributed by atoms with Crippen LogP contribution in [0.15, 0.2) is 54.7 Å². The van der Waals surface area contributed by atoms with Gasteiger partial charge in [-0.3, -0.25) is 9.59 Å². The molecule has 1 N–H and O–H groups in total. The van der Waals surface area contributed by atoms with Crippen molar-refractivity contribution in [2.45, 2.75) is 26.1 Å². The minimum Gasteiger partial charge on any atom is -0.454 e. The van der Waals surface area contributed by atoms with Gasteiger partial charge in [0.15, 0.2) is 6.10 Å². The number of aromatic amines is 1. The fraction of sp³-hybridized carbons (Fsp3) is 0.200. The lowest BCUT2D eigenvalue weighted by Crippen LogP contribution is -2.25. The molecule has 0 spiro atoms. The maximum Gasteiger partial charge on any atom is 0.387 e. The third-order valence-electron chi connectivity index (χ3n) is 4.05. The van der Waals surface area contributed by atoms with Gasteiger partial charge in [-0.2, -0.15) is 8.78 Å². The standard InChI is InChI=1S/C20H17F2NO4/c1-12(19(25)13-6-8-15(9-7-13)27-20(21)22)26-18(24)10-14-11-23-17-5-3-2-4-16(14)17/h2-9,11-12,20,23H,10H2,1H3/t12-/m1/s1. The second-order valence-corrected chi connectivity index (χ2v) is 5.94. The van der Waals surface area contributed by atoms with Gasteiger partial charge in [0.1, 0.15) is 5.75 Å². The second kappa shape index (κ2) is 7.99. The van der Waals surface area contributed by atoms with Crippen molar-refractivity contribution in [1.82, 2.24) is 4.98 Å². The largest absolute Gasteiger partial charge is 0.454 e. The molecule has 0 radical (unpaired) electrons. The number of H-pyrrole nitrogens is 1. The van der Waals surface area contributed by atoms with E-state index in [1.807, 2.05) is 24.3 Å². The van der Waals surface area contributed by atoms with E-state index in [2.05, 4.69) is 9.72 Å². The highest BCUT2D eigenvalue weighted by Crippen LogP contribution is 2.19. The second-order valence-electron chi connectivity index (χ2n) is 5.94. The highest BCUT2D eigenvalue weighted by molar-refractivity contribution is 6.00. The van der Waals surface area contributed by atoms with Gasteiger partial charge in [0.2, 0.25) is 5.78 Å². The van der Waals surface area contributed by atoms with Crippen LogP contribution in [0.4, 0.5) is 8.78 Å². The Balaban J connectivity index is 1.61. The lowest BCUT2D eigenvalue weighted by Gasteiger charge is -2.13. The smallest absolute Gasteiger partial charge is 0.387 e. The van der Waals surface area contributed by atoms with Crippen molar-refractivity contribution in [3.05, 3.63) is 65.9 Å². The van der Waals surface area contributed by atoms with Crippen LogP contribution in [0.25, 0.3) is 10.9 Å². The van der Waals surface area contributed by atoms with Gasteiger partial charge >= 0.3 is 12.6 Å². The number of rotatable bonds is 7. The van der Waals surface area contributed by atoms with E-state index < -0.39 is 24.5 Å². The van der Waals surface area contributed by atoms with Crippen LogP contribution in [0, 0.1) is 0 Å². The molecule has 3 aromatic rings. The first-order valence-electron chi connectivity index (χ1n) is 8.27. The number of carbonyl (C=O) groups excluding carboxylic acids is 2. The van der Waals surface area contributed by atoms with E-state index in [1.54, 1.807) is 6.20 Å². The summed E-state index contributed by atoms with van der Waals surface area (Å²) in [5, 5.41) is 0.919. The molecule has 0 aliphatic heterocycles. The minimum absolute atomic E-state index is 0.0306. The molecule has 1 heterocycles. The number of ether oxygens (including phenoxy) is 2. The first-order valence-corrected chi connectivity index (χ1v) is 8.27. The first-order chi connectivity index (χ1) is 12.9. The molecule has 2 aromatic carbocycles. The van der Waals surface area contributed by atoms with Gasteiger partial charge in [-0.1, -0.05) is 18.2 Å². The maximum atomic E-state index is 12.4. The Labute approximate surface area is 153 Å². The van der Waals surface area contributed by atoms with Gasteiger partial charge in [0, 0.05) is 22.7 Å². The summed E-state index contributed by atoms with van der Waals surface area (Å²) in [7, 11) is 0. The number of carbonyl (C=O) groups is 2. The number of fused-ring (bicyclic) bond motifs is 1. The average molecular weight is 373 g/mol. The van der Waals surface area contributed by atoms with Gasteiger partial charge in [0.05, 0.1) is 6.42 Å². The number of halogens is 2. The lowest BCUT2D eigenvalue weighted by molar-refractivity contribution is -0.145. The number of hydrogen-bond donors (Lipinski definition) is 1. The predicted molar refractivity (Wildman–Crippen MR) is 95.0 cm³/mol. The molecule has 7 heteroatoms. The molecule has 0 amide bonds. The van der Waals surface area contributed by atoms with Crippen molar-refractivity contribution in [2.75, 3.05) is 0 Å². The van der Waals surface area contributed by atoms with Crippen LogP contribution in [0.5, 0.6) is 5.75 Å². The summed E-state index contributed by atoms with van der Waals surface area (Å²) in [6.45, 7) is -1.46.